The van der Waals surface area contributed by atoms with Crippen molar-refractivity contribution in [1.29, 1.82) is 0 Å². The Morgan fingerprint density at radius 2 is 1.59 bits per heavy atom. The molecule has 3 rings (SSSR count). The fourth-order valence-corrected chi connectivity index (χ4v) is 3.18. The van der Waals surface area contributed by atoms with Gasteiger partial charge >= 0.3 is 0 Å². The second-order valence-corrected chi connectivity index (χ2v) is 6.77. The molecule has 0 saturated heterocycles. The van der Waals surface area contributed by atoms with Gasteiger partial charge in [-0.1, -0.05) is 32.9 Å². The molecule has 0 amide bonds. The lowest BCUT2D eigenvalue weighted by atomic mass is 10.1. The molecule has 5 heteroatoms. The molecule has 0 fully saturated rings. The summed E-state index contributed by atoms with van der Waals surface area (Å²) in [4.78, 5) is 7.20. The average Bonchev–Trinajstić information content (AvgIpc) is 2.75. The van der Waals surface area contributed by atoms with Crippen LogP contribution in [-0.4, -0.2) is 42.7 Å². The van der Waals surface area contributed by atoms with E-state index in [1.807, 2.05) is 36.4 Å². The third kappa shape index (κ3) is 6.09. The summed E-state index contributed by atoms with van der Waals surface area (Å²) in [6.07, 6.45) is 1.00. The van der Waals surface area contributed by atoms with Gasteiger partial charge < -0.3 is 14.4 Å². The molecule has 156 valence electrons. The maximum atomic E-state index is 6.19. The summed E-state index contributed by atoms with van der Waals surface area (Å²) in [5, 5.41) is 1.05. The van der Waals surface area contributed by atoms with Crippen molar-refractivity contribution < 1.29 is 9.47 Å². The first-order valence-corrected chi connectivity index (χ1v) is 10.2. The Kier molecular flexibility index (Phi) is 9.23. The first-order valence-electron chi connectivity index (χ1n) is 10.2. The number of para-hydroxylation sites is 1. The predicted octanol–water partition coefficient (Wildman–Crippen LogP) is 5.83. The molecule has 0 N–H and O–H groups in total. The molecule has 0 bridgehead atoms. The number of halogens is 1. The van der Waals surface area contributed by atoms with Gasteiger partial charge in [-0.05, 0) is 55.9 Å². The van der Waals surface area contributed by atoms with Gasteiger partial charge in [-0.15, -0.1) is 12.4 Å². The molecule has 0 radical (unpaired) electrons. The van der Waals surface area contributed by atoms with Crippen molar-refractivity contribution in [3.05, 3.63) is 54.6 Å². The number of rotatable bonds is 10. The molecule has 0 spiro atoms. The molecule has 4 nitrogen and oxygen atoms in total. The number of nitrogens with zero attached hydrogens (tertiary/aromatic N) is 2. The second-order valence-electron chi connectivity index (χ2n) is 6.77. The third-order valence-electron chi connectivity index (χ3n) is 4.86. The zero-order chi connectivity index (χ0) is 19.8. The van der Waals surface area contributed by atoms with Crippen molar-refractivity contribution in [2.24, 2.45) is 0 Å². The summed E-state index contributed by atoms with van der Waals surface area (Å²) in [6, 6.07) is 18.3. The summed E-state index contributed by atoms with van der Waals surface area (Å²) >= 11 is 0. The third-order valence-corrected chi connectivity index (χ3v) is 4.86. The van der Waals surface area contributed by atoms with E-state index in [0.717, 1.165) is 66.3 Å². The zero-order valence-electron chi connectivity index (χ0n) is 17.6. The Labute approximate surface area is 180 Å². The van der Waals surface area contributed by atoms with Crippen LogP contribution < -0.4 is 9.47 Å². The van der Waals surface area contributed by atoms with Gasteiger partial charge in [0.1, 0.15) is 18.1 Å². The first-order chi connectivity index (χ1) is 13.7. The topological polar surface area (TPSA) is 34.6 Å². The van der Waals surface area contributed by atoms with Gasteiger partial charge in [0.05, 0.1) is 17.8 Å². The lowest BCUT2D eigenvalue weighted by Gasteiger charge is -2.18. The van der Waals surface area contributed by atoms with E-state index in [9.17, 15) is 0 Å². The van der Waals surface area contributed by atoms with Gasteiger partial charge in [0, 0.05) is 23.6 Å². The van der Waals surface area contributed by atoms with Crippen molar-refractivity contribution in [2.75, 3.05) is 32.8 Å². The molecule has 1 aromatic heterocycles. The predicted molar refractivity (Wildman–Crippen MR) is 123 cm³/mol. The van der Waals surface area contributed by atoms with Crippen LogP contribution in [0.4, 0.5) is 0 Å². The van der Waals surface area contributed by atoms with Crippen LogP contribution in [0.2, 0.25) is 0 Å². The van der Waals surface area contributed by atoms with Gasteiger partial charge in [0.25, 0.3) is 0 Å². The van der Waals surface area contributed by atoms with Crippen molar-refractivity contribution in [2.45, 2.75) is 27.2 Å². The van der Waals surface area contributed by atoms with Gasteiger partial charge in [-0.3, -0.25) is 0 Å². The van der Waals surface area contributed by atoms with Gasteiger partial charge in [0.2, 0.25) is 0 Å². The Morgan fingerprint density at radius 1 is 0.862 bits per heavy atom. The van der Waals surface area contributed by atoms with Gasteiger partial charge in [-0.25, -0.2) is 4.98 Å². The number of benzene rings is 2. The molecule has 0 aliphatic carbocycles. The van der Waals surface area contributed by atoms with Gasteiger partial charge in [0.15, 0.2) is 0 Å². The molecule has 0 saturated carbocycles. The van der Waals surface area contributed by atoms with Crippen molar-refractivity contribution in [3.8, 4) is 22.8 Å². The fraction of sp³-hybridized carbons (Fsp3) is 0.375. The molecule has 2 aromatic carbocycles. The van der Waals surface area contributed by atoms with Crippen LogP contribution in [0.25, 0.3) is 22.2 Å². The van der Waals surface area contributed by atoms with E-state index in [4.69, 9.17) is 14.5 Å². The molecule has 1 heterocycles. The van der Waals surface area contributed by atoms with E-state index in [1.54, 1.807) is 0 Å². The fourth-order valence-electron chi connectivity index (χ4n) is 3.18. The van der Waals surface area contributed by atoms with E-state index >= 15 is 0 Å². The highest BCUT2D eigenvalue weighted by Gasteiger charge is 2.09. The summed E-state index contributed by atoms with van der Waals surface area (Å²) in [6.45, 7) is 10.9. The molecule has 3 aromatic rings. The maximum absolute atomic E-state index is 6.19. The van der Waals surface area contributed by atoms with Crippen molar-refractivity contribution >= 4 is 23.3 Å². The highest BCUT2D eigenvalue weighted by molar-refractivity contribution is 5.88. The van der Waals surface area contributed by atoms with Crippen molar-refractivity contribution in [3.63, 3.8) is 0 Å². The summed E-state index contributed by atoms with van der Waals surface area (Å²) in [7, 11) is 0. The Morgan fingerprint density at radius 3 is 2.28 bits per heavy atom. The monoisotopic (exact) mass is 414 g/mol. The van der Waals surface area contributed by atoms with Crippen LogP contribution >= 0.6 is 12.4 Å². The second kappa shape index (κ2) is 11.6. The SMILES string of the molecule is CCCOc1ccc(-c2cc(OCCN(CC)CC)c3ccccc3n2)cc1.Cl. The lowest BCUT2D eigenvalue weighted by molar-refractivity contribution is 0.224. The molecule has 0 aliphatic rings. The van der Waals surface area contributed by atoms with Crippen LogP contribution in [0.3, 0.4) is 0 Å². The smallest absolute Gasteiger partial charge is 0.130 e. The van der Waals surface area contributed by atoms with Crippen LogP contribution in [0.5, 0.6) is 11.5 Å². The van der Waals surface area contributed by atoms with Crippen LogP contribution in [0, 0.1) is 0 Å². The molecular formula is C24H31ClN2O2. The molecule has 0 aliphatic heterocycles. The zero-order valence-corrected chi connectivity index (χ0v) is 18.4. The Hall–Kier alpha value is -2.30. The minimum absolute atomic E-state index is 0. The number of ether oxygens (including phenoxy) is 2. The number of hydrogen-bond donors (Lipinski definition) is 0. The quantitative estimate of drug-likeness (QED) is 0.417. The molecule has 29 heavy (non-hydrogen) atoms. The van der Waals surface area contributed by atoms with E-state index in [0.29, 0.717) is 6.61 Å². The summed E-state index contributed by atoms with van der Waals surface area (Å²) < 4.78 is 11.9. The normalized spacial score (nSPS) is 10.8. The van der Waals surface area contributed by atoms with Crippen LogP contribution in [0.15, 0.2) is 54.6 Å². The van der Waals surface area contributed by atoms with Crippen LogP contribution in [-0.2, 0) is 0 Å². The number of hydrogen-bond acceptors (Lipinski definition) is 4. The number of fused-ring (bicyclic) bond motifs is 1. The standard InChI is InChI=1S/C24H30N2O2.ClH/c1-4-16-27-20-13-11-19(12-14-20)23-18-24(28-17-15-26(5-2)6-3)21-9-7-8-10-22(21)25-23;/h7-14,18H,4-6,15-17H2,1-3H3;1H. The minimum atomic E-state index is 0. The highest BCUT2D eigenvalue weighted by atomic mass is 35.5. The van der Waals surface area contributed by atoms with E-state index < -0.39 is 0 Å². The Bertz CT molecular complexity index is 880. The minimum Gasteiger partial charge on any atom is -0.494 e. The highest BCUT2D eigenvalue weighted by Crippen LogP contribution is 2.30. The van der Waals surface area contributed by atoms with E-state index in [1.165, 1.54) is 0 Å². The number of aromatic nitrogens is 1. The van der Waals surface area contributed by atoms with Crippen LogP contribution in [0.1, 0.15) is 27.2 Å². The molecule has 0 unspecified atom stereocenters. The lowest BCUT2D eigenvalue weighted by Crippen LogP contribution is -2.27. The molecular weight excluding hydrogens is 384 g/mol. The van der Waals surface area contributed by atoms with E-state index in [-0.39, 0.29) is 12.4 Å². The maximum Gasteiger partial charge on any atom is 0.130 e. The average molecular weight is 415 g/mol. The summed E-state index contributed by atoms with van der Waals surface area (Å²) in [5.41, 5.74) is 2.92. The largest absolute Gasteiger partial charge is 0.494 e. The summed E-state index contributed by atoms with van der Waals surface area (Å²) in [5.74, 6) is 1.78. The van der Waals surface area contributed by atoms with Crippen molar-refractivity contribution in [1.82, 2.24) is 9.88 Å². The van der Waals surface area contributed by atoms with Gasteiger partial charge in [-0.2, -0.15) is 0 Å². The molecule has 0 atom stereocenters. The Balaban J connectivity index is 0.00000300. The number of pyridine rings is 1. The first kappa shape index (κ1) is 23.0. The number of likely N-dealkylation sites (N-methyl/N-ethyl adjacent to an activating group) is 1. The van der Waals surface area contributed by atoms with E-state index in [2.05, 4.69) is 43.9 Å².